The first kappa shape index (κ1) is 15.4. The summed E-state index contributed by atoms with van der Waals surface area (Å²) in [5.74, 6) is 5.22. The molecule has 19 heavy (non-hydrogen) atoms. The molecular formula is C13H22N4O2. The van der Waals surface area contributed by atoms with Crippen molar-refractivity contribution in [3.8, 4) is 0 Å². The lowest BCUT2D eigenvalue weighted by Crippen LogP contribution is -2.42. The molecule has 0 saturated carbocycles. The van der Waals surface area contributed by atoms with E-state index in [1.165, 1.54) is 6.20 Å². The Balaban J connectivity index is 3.04. The average molecular weight is 266 g/mol. The molecule has 0 bridgehead atoms. The van der Waals surface area contributed by atoms with E-state index in [0.717, 1.165) is 5.69 Å². The first-order valence-electron chi connectivity index (χ1n) is 6.23. The molecule has 0 aliphatic heterocycles. The smallest absolute Gasteiger partial charge is 0.257 e. The minimum Gasteiger partial charge on any atom is -0.389 e. The Bertz CT molecular complexity index is 454. The fourth-order valence-electron chi connectivity index (χ4n) is 1.81. The standard InChI is InChI=1S/C13H22N4O2/c1-5-17(8-13(3,4)19)12(18)10-7-15-9(2)6-11(10)16-14/h6-7,19H,5,8,14H2,1-4H3,(H,15,16). The SMILES string of the molecule is CCN(CC(C)(C)O)C(=O)c1cnc(C)cc1NN. The molecule has 1 heterocycles. The monoisotopic (exact) mass is 266 g/mol. The number of aliphatic hydroxyl groups is 1. The van der Waals surface area contributed by atoms with Crippen LogP contribution in [0.25, 0.3) is 0 Å². The molecule has 0 spiro atoms. The highest BCUT2D eigenvalue weighted by Gasteiger charge is 2.24. The van der Waals surface area contributed by atoms with E-state index in [1.54, 1.807) is 24.8 Å². The summed E-state index contributed by atoms with van der Waals surface area (Å²) in [7, 11) is 0. The van der Waals surface area contributed by atoms with E-state index in [0.29, 0.717) is 17.8 Å². The van der Waals surface area contributed by atoms with Crippen LogP contribution in [0.4, 0.5) is 5.69 Å². The quantitative estimate of drug-likeness (QED) is 0.544. The number of nitrogens with zero attached hydrogens (tertiary/aromatic N) is 2. The first-order valence-corrected chi connectivity index (χ1v) is 6.23. The number of hydrazine groups is 1. The third-order valence-corrected chi connectivity index (χ3v) is 2.67. The zero-order valence-corrected chi connectivity index (χ0v) is 11.9. The molecule has 1 aromatic heterocycles. The zero-order chi connectivity index (χ0) is 14.6. The molecule has 106 valence electrons. The van der Waals surface area contributed by atoms with Gasteiger partial charge in [-0.1, -0.05) is 0 Å². The highest BCUT2D eigenvalue weighted by molar-refractivity contribution is 5.99. The number of nitrogen functional groups attached to an aromatic ring is 1. The van der Waals surface area contributed by atoms with Crippen LogP contribution in [0.15, 0.2) is 12.3 Å². The second kappa shape index (κ2) is 5.99. The number of hydrogen-bond donors (Lipinski definition) is 3. The third-order valence-electron chi connectivity index (χ3n) is 2.67. The zero-order valence-electron chi connectivity index (χ0n) is 11.9. The van der Waals surface area contributed by atoms with Gasteiger partial charge in [0.05, 0.1) is 16.9 Å². The molecule has 0 unspecified atom stereocenters. The molecule has 1 aromatic rings. The Kier molecular flexibility index (Phi) is 4.85. The lowest BCUT2D eigenvalue weighted by Gasteiger charge is -2.28. The van der Waals surface area contributed by atoms with Crippen molar-refractivity contribution in [1.82, 2.24) is 9.88 Å². The van der Waals surface area contributed by atoms with Crippen molar-refractivity contribution in [2.45, 2.75) is 33.3 Å². The lowest BCUT2D eigenvalue weighted by atomic mass is 10.1. The maximum absolute atomic E-state index is 12.4. The highest BCUT2D eigenvalue weighted by atomic mass is 16.3. The number of hydrogen-bond acceptors (Lipinski definition) is 5. The minimum atomic E-state index is -0.944. The number of likely N-dealkylation sites (N-methyl/N-ethyl adjacent to an activating group) is 1. The van der Waals surface area contributed by atoms with E-state index >= 15 is 0 Å². The van der Waals surface area contributed by atoms with Crippen molar-refractivity contribution in [3.05, 3.63) is 23.5 Å². The van der Waals surface area contributed by atoms with E-state index < -0.39 is 5.60 Å². The topological polar surface area (TPSA) is 91.5 Å². The largest absolute Gasteiger partial charge is 0.389 e. The van der Waals surface area contributed by atoms with Crippen molar-refractivity contribution >= 4 is 11.6 Å². The van der Waals surface area contributed by atoms with Gasteiger partial charge in [-0.15, -0.1) is 0 Å². The molecule has 1 rings (SSSR count). The fourth-order valence-corrected chi connectivity index (χ4v) is 1.81. The van der Waals surface area contributed by atoms with Crippen LogP contribution in [0.1, 0.15) is 36.8 Å². The highest BCUT2D eigenvalue weighted by Crippen LogP contribution is 2.18. The molecule has 0 radical (unpaired) electrons. The van der Waals surface area contributed by atoms with Gasteiger partial charge in [-0.2, -0.15) is 0 Å². The van der Waals surface area contributed by atoms with Gasteiger partial charge in [-0.05, 0) is 33.8 Å². The van der Waals surface area contributed by atoms with Gasteiger partial charge in [0.2, 0.25) is 0 Å². The van der Waals surface area contributed by atoms with Crippen LogP contribution in [0.3, 0.4) is 0 Å². The summed E-state index contributed by atoms with van der Waals surface area (Å²) in [5.41, 5.74) is 3.27. The maximum atomic E-state index is 12.4. The molecule has 0 atom stereocenters. The molecule has 1 amide bonds. The Morgan fingerprint density at radius 2 is 2.21 bits per heavy atom. The van der Waals surface area contributed by atoms with Gasteiger partial charge in [0.1, 0.15) is 0 Å². The number of nitrogens with two attached hydrogens (primary N) is 1. The Morgan fingerprint density at radius 3 is 2.68 bits per heavy atom. The molecule has 0 saturated heterocycles. The number of aromatic nitrogens is 1. The number of carbonyl (C=O) groups excluding carboxylic acids is 1. The van der Waals surface area contributed by atoms with E-state index in [2.05, 4.69) is 10.4 Å². The van der Waals surface area contributed by atoms with Crippen molar-refractivity contribution in [3.63, 3.8) is 0 Å². The lowest BCUT2D eigenvalue weighted by molar-refractivity contribution is 0.0315. The predicted octanol–water partition coefficient (Wildman–Crippen LogP) is 0.909. The summed E-state index contributed by atoms with van der Waals surface area (Å²) in [5, 5.41) is 9.84. The second-order valence-electron chi connectivity index (χ2n) is 5.15. The number of rotatable bonds is 5. The van der Waals surface area contributed by atoms with E-state index in [-0.39, 0.29) is 12.5 Å². The van der Waals surface area contributed by atoms with E-state index in [4.69, 9.17) is 5.84 Å². The molecule has 6 heteroatoms. The summed E-state index contributed by atoms with van der Waals surface area (Å²) in [4.78, 5) is 18.1. The van der Waals surface area contributed by atoms with Crippen LogP contribution in [0.2, 0.25) is 0 Å². The van der Waals surface area contributed by atoms with Crippen LogP contribution in [0.5, 0.6) is 0 Å². The number of anilines is 1. The van der Waals surface area contributed by atoms with Gasteiger partial charge in [0, 0.05) is 25.0 Å². The van der Waals surface area contributed by atoms with Crippen LogP contribution in [0, 0.1) is 6.92 Å². The molecule has 0 aliphatic rings. The van der Waals surface area contributed by atoms with Gasteiger partial charge in [0.25, 0.3) is 5.91 Å². The first-order chi connectivity index (χ1) is 8.78. The number of carbonyl (C=O) groups is 1. The van der Waals surface area contributed by atoms with Gasteiger partial charge in [-0.25, -0.2) is 0 Å². The maximum Gasteiger partial charge on any atom is 0.257 e. The number of pyridine rings is 1. The van der Waals surface area contributed by atoms with Crippen molar-refractivity contribution in [2.24, 2.45) is 5.84 Å². The van der Waals surface area contributed by atoms with Gasteiger partial charge < -0.3 is 15.4 Å². The van der Waals surface area contributed by atoms with E-state index in [1.807, 2.05) is 13.8 Å². The average Bonchev–Trinajstić information content (AvgIpc) is 2.33. The van der Waals surface area contributed by atoms with Crippen LogP contribution >= 0.6 is 0 Å². The normalized spacial score (nSPS) is 11.3. The summed E-state index contributed by atoms with van der Waals surface area (Å²) in [6.07, 6.45) is 1.50. The summed E-state index contributed by atoms with van der Waals surface area (Å²) in [6, 6.07) is 1.71. The van der Waals surface area contributed by atoms with Crippen molar-refractivity contribution in [2.75, 3.05) is 18.5 Å². The van der Waals surface area contributed by atoms with Gasteiger partial charge in [-0.3, -0.25) is 15.6 Å². The minimum absolute atomic E-state index is 0.204. The predicted molar refractivity (Wildman–Crippen MR) is 74.7 cm³/mol. The molecule has 4 N–H and O–H groups in total. The number of aryl methyl sites for hydroxylation is 1. The van der Waals surface area contributed by atoms with Crippen LogP contribution in [-0.2, 0) is 0 Å². The molecule has 0 fully saturated rings. The van der Waals surface area contributed by atoms with Gasteiger partial charge >= 0.3 is 0 Å². The molecule has 6 nitrogen and oxygen atoms in total. The van der Waals surface area contributed by atoms with Gasteiger partial charge in [0.15, 0.2) is 0 Å². The Hall–Kier alpha value is -1.66. The second-order valence-corrected chi connectivity index (χ2v) is 5.15. The van der Waals surface area contributed by atoms with E-state index in [9.17, 15) is 9.90 Å². The Labute approximate surface area is 113 Å². The third kappa shape index (κ3) is 4.18. The summed E-state index contributed by atoms with van der Waals surface area (Å²) < 4.78 is 0. The Morgan fingerprint density at radius 1 is 1.58 bits per heavy atom. The molecular weight excluding hydrogens is 244 g/mol. The molecule has 0 aliphatic carbocycles. The fraction of sp³-hybridized carbons (Fsp3) is 0.538. The summed E-state index contributed by atoms with van der Waals surface area (Å²) >= 11 is 0. The van der Waals surface area contributed by atoms with Crippen molar-refractivity contribution in [1.29, 1.82) is 0 Å². The van der Waals surface area contributed by atoms with Crippen LogP contribution < -0.4 is 11.3 Å². The van der Waals surface area contributed by atoms with Crippen LogP contribution in [-0.4, -0.2) is 39.6 Å². The molecule has 0 aromatic carbocycles. The summed E-state index contributed by atoms with van der Waals surface area (Å²) in [6.45, 7) is 7.77. The number of amides is 1. The van der Waals surface area contributed by atoms with Crippen molar-refractivity contribution < 1.29 is 9.90 Å². The number of nitrogens with one attached hydrogen (secondary N) is 1.